The summed E-state index contributed by atoms with van der Waals surface area (Å²) in [4.78, 5) is 27.7. The number of halogens is 2. The average Bonchev–Trinajstić information content (AvgIpc) is 2.73. The van der Waals surface area contributed by atoms with Crippen molar-refractivity contribution in [2.45, 2.75) is 11.8 Å². The maximum atomic E-state index is 12.7. The highest BCUT2D eigenvalue weighted by Gasteiger charge is 2.27. The molecule has 0 bridgehead atoms. The smallest absolute Gasteiger partial charge is 0.409 e. The van der Waals surface area contributed by atoms with Gasteiger partial charge < -0.3 is 14.5 Å². The number of amides is 2. The van der Waals surface area contributed by atoms with Gasteiger partial charge in [0.05, 0.1) is 11.5 Å². The fraction of sp³-hybridized carbons (Fsp3) is 0.556. The first kappa shape index (κ1) is 23.7. The first-order valence-electron chi connectivity index (χ1n) is 9.28. The summed E-state index contributed by atoms with van der Waals surface area (Å²) in [7, 11) is -3.73. The Morgan fingerprint density at radius 2 is 1.52 bits per heavy atom. The number of ether oxygens (including phenoxy) is 1. The minimum atomic E-state index is -3.73. The van der Waals surface area contributed by atoms with Crippen molar-refractivity contribution < 1.29 is 22.7 Å². The molecule has 2 rings (SSSR count). The van der Waals surface area contributed by atoms with Crippen LogP contribution in [0, 0.1) is 0 Å². The molecule has 162 valence electrons. The molecule has 0 unspecified atom stereocenters. The third kappa shape index (κ3) is 5.97. The van der Waals surface area contributed by atoms with E-state index < -0.39 is 10.0 Å². The van der Waals surface area contributed by atoms with Crippen molar-refractivity contribution in [1.29, 1.82) is 0 Å². The van der Waals surface area contributed by atoms with Crippen LogP contribution in [0.1, 0.15) is 17.3 Å². The molecule has 1 heterocycles. The van der Waals surface area contributed by atoms with Gasteiger partial charge in [0, 0.05) is 56.6 Å². The first-order chi connectivity index (χ1) is 13.8. The molecule has 1 aliphatic rings. The van der Waals surface area contributed by atoms with Gasteiger partial charge in [-0.3, -0.25) is 4.79 Å². The van der Waals surface area contributed by atoms with Crippen molar-refractivity contribution in [1.82, 2.24) is 14.1 Å². The molecule has 0 radical (unpaired) electrons. The van der Waals surface area contributed by atoms with E-state index in [9.17, 15) is 18.0 Å². The standard InChI is InChI=1S/C18H25Cl2N3O5S/c1-2-28-18(25)22-13-11-21(12-14-22)17(24)15-3-5-16(6-4-15)29(26,27)23(9-7-19)10-8-20/h3-6H,2,7-14H2,1H3. The van der Waals surface area contributed by atoms with Crippen LogP contribution in [0.2, 0.25) is 0 Å². The molecule has 2 amide bonds. The van der Waals surface area contributed by atoms with Crippen molar-refractivity contribution in [2.75, 3.05) is 57.6 Å². The summed E-state index contributed by atoms with van der Waals surface area (Å²) in [5.74, 6) is 0.102. The van der Waals surface area contributed by atoms with Gasteiger partial charge in [0.25, 0.3) is 5.91 Å². The van der Waals surface area contributed by atoms with E-state index in [4.69, 9.17) is 27.9 Å². The van der Waals surface area contributed by atoms with Crippen molar-refractivity contribution in [2.24, 2.45) is 0 Å². The predicted octanol–water partition coefficient (Wildman–Crippen LogP) is 2.07. The lowest BCUT2D eigenvalue weighted by molar-refractivity contribution is 0.0570. The number of benzene rings is 1. The molecule has 1 aromatic rings. The quantitative estimate of drug-likeness (QED) is 0.548. The Balaban J connectivity index is 2.04. The highest BCUT2D eigenvalue weighted by molar-refractivity contribution is 7.89. The van der Waals surface area contributed by atoms with Crippen molar-refractivity contribution in [3.8, 4) is 0 Å². The highest BCUT2D eigenvalue weighted by Crippen LogP contribution is 2.18. The van der Waals surface area contributed by atoms with Crippen LogP contribution < -0.4 is 0 Å². The average molecular weight is 466 g/mol. The van der Waals surface area contributed by atoms with E-state index in [0.717, 1.165) is 0 Å². The molecule has 0 aromatic heterocycles. The Hall–Kier alpha value is -1.55. The summed E-state index contributed by atoms with van der Waals surface area (Å²) in [6, 6.07) is 5.80. The minimum Gasteiger partial charge on any atom is -0.450 e. The number of carbonyl (C=O) groups is 2. The molecule has 0 aliphatic carbocycles. The van der Waals surface area contributed by atoms with E-state index in [1.807, 2.05) is 0 Å². The maximum absolute atomic E-state index is 12.7. The third-order valence-corrected chi connectivity index (χ3v) is 6.75. The Bertz CT molecular complexity index is 790. The highest BCUT2D eigenvalue weighted by atomic mass is 35.5. The molecule has 11 heteroatoms. The van der Waals surface area contributed by atoms with E-state index in [2.05, 4.69) is 0 Å². The molecule has 1 aromatic carbocycles. The zero-order chi connectivity index (χ0) is 21.4. The molecule has 1 aliphatic heterocycles. The zero-order valence-corrected chi connectivity index (χ0v) is 18.5. The summed E-state index contributed by atoms with van der Waals surface area (Å²) in [5, 5.41) is 0. The third-order valence-electron chi connectivity index (χ3n) is 4.50. The van der Waals surface area contributed by atoms with Gasteiger partial charge in [0.15, 0.2) is 0 Å². The second kappa shape index (κ2) is 11.0. The van der Waals surface area contributed by atoms with Crippen LogP contribution in [0.5, 0.6) is 0 Å². The lowest BCUT2D eigenvalue weighted by atomic mass is 10.2. The molecular weight excluding hydrogens is 441 g/mol. The number of sulfonamides is 1. The lowest BCUT2D eigenvalue weighted by Gasteiger charge is -2.34. The monoisotopic (exact) mass is 465 g/mol. The molecule has 29 heavy (non-hydrogen) atoms. The van der Waals surface area contributed by atoms with E-state index in [0.29, 0.717) is 38.3 Å². The lowest BCUT2D eigenvalue weighted by Crippen LogP contribution is -2.50. The van der Waals surface area contributed by atoms with Crippen LogP contribution >= 0.6 is 23.2 Å². The molecule has 0 saturated carbocycles. The van der Waals surface area contributed by atoms with Crippen LogP contribution in [-0.2, 0) is 14.8 Å². The number of nitrogens with zero attached hydrogens (tertiary/aromatic N) is 3. The number of alkyl halides is 2. The second-order valence-corrected chi connectivity index (χ2v) is 8.98. The Kier molecular flexibility index (Phi) is 9.01. The van der Waals surface area contributed by atoms with Crippen molar-refractivity contribution in [3.63, 3.8) is 0 Å². The first-order valence-corrected chi connectivity index (χ1v) is 11.8. The van der Waals surface area contributed by atoms with E-state index >= 15 is 0 Å². The SMILES string of the molecule is CCOC(=O)N1CCN(C(=O)c2ccc(S(=O)(=O)N(CCCl)CCCl)cc2)CC1. The summed E-state index contributed by atoms with van der Waals surface area (Å²) < 4.78 is 31.6. The molecule has 0 spiro atoms. The molecule has 0 atom stereocenters. The van der Waals surface area contributed by atoms with E-state index in [1.165, 1.54) is 28.6 Å². The van der Waals surface area contributed by atoms with E-state index in [1.54, 1.807) is 16.7 Å². The Labute approximate surface area is 181 Å². The van der Waals surface area contributed by atoms with Crippen LogP contribution in [0.4, 0.5) is 4.79 Å². The molecule has 1 fully saturated rings. The number of hydrogen-bond donors (Lipinski definition) is 0. The summed E-state index contributed by atoms with van der Waals surface area (Å²) in [5.41, 5.74) is 0.384. The normalized spacial score (nSPS) is 14.9. The fourth-order valence-electron chi connectivity index (χ4n) is 2.95. The predicted molar refractivity (Wildman–Crippen MR) is 111 cm³/mol. The molecule has 0 N–H and O–H groups in total. The largest absolute Gasteiger partial charge is 0.450 e. The number of carbonyl (C=O) groups excluding carboxylic acids is 2. The van der Waals surface area contributed by atoms with Crippen molar-refractivity contribution >= 4 is 45.2 Å². The Morgan fingerprint density at radius 1 is 1.00 bits per heavy atom. The van der Waals surface area contributed by atoms with Gasteiger partial charge in [0.1, 0.15) is 0 Å². The van der Waals surface area contributed by atoms with Crippen LogP contribution in [0.25, 0.3) is 0 Å². The molecular formula is C18H25Cl2N3O5S. The van der Waals surface area contributed by atoms with Gasteiger partial charge in [-0.25, -0.2) is 13.2 Å². The van der Waals surface area contributed by atoms with E-state index in [-0.39, 0.29) is 41.7 Å². The minimum absolute atomic E-state index is 0.0800. The molecule has 1 saturated heterocycles. The number of hydrogen-bond acceptors (Lipinski definition) is 5. The zero-order valence-electron chi connectivity index (χ0n) is 16.2. The van der Waals surface area contributed by atoms with Crippen LogP contribution in [0.3, 0.4) is 0 Å². The summed E-state index contributed by atoms with van der Waals surface area (Å²) >= 11 is 11.4. The number of rotatable bonds is 8. The van der Waals surface area contributed by atoms with Gasteiger partial charge in [-0.2, -0.15) is 4.31 Å². The fourth-order valence-corrected chi connectivity index (χ4v) is 5.00. The van der Waals surface area contributed by atoms with Gasteiger partial charge in [-0.05, 0) is 31.2 Å². The van der Waals surface area contributed by atoms with Gasteiger partial charge >= 0.3 is 6.09 Å². The topological polar surface area (TPSA) is 87.2 Å². The summed E-state index contributed by atoms with van der Waals surface area (Å²) in [6.45, 7) is 3.91. The van der Waals surface area contributed by atoms with Crippen LogP contribution in [0.15, 0.2) is 29.2 Å². The maximum Gasteiger partial charge on any atom is 0.409 e. The second-order valence-electron chi connectivity index (χ2n) is 6.28. The molecule has 8 nitrogen and oxygen atoms in total. The Morgan fingerprint density at radius 3 is 2.00 bits per heavy atom. The van der Waals surface area contributed by atoms with Crippen molar-refractivity contribution in [3.05, 3.63) is 29.8 Å². The number of piperazine rings is 1. The van der Waals surface area contributed by atoms with Gasteiger partial charge in [-0.15, -0.1) is 23.2 Å². The van der Waals surface area contributed by atoms with Gasteiger partial charge in [-0.1, -0.05) is 0 Å². The van der Waals surface area contributed by atoms with Crippen LogP contribution in [-0.4, -0.2) is 92.2 Å². The summed E-state index contributed by atoms with van der Waals surface area (Å²) in [6.07, 6.45) is -0.382. The van der Waals surface area contributed by atoms with Gasteiger partial charge in [0.2, 0.25) is 10.0 Å².